The number of nitrogens with one attached hydrogen (secondary N) is 2. The molecule has 10 aromatic carbocycles. The first-order valence-electron chi connectivity index (χ1n) is 24.4. The molecule has 0 spiro atoms. The van der Waals surface area contributed by atoms with Crippen LogP contribution in [0.3, 0.4) is 0 Å². The van der Waals surface area contributed by atoms with E-state index in [1.54, 1.807) is 30.5 Å². The lowest BCUT2D eigenvalue weighted by Crippen LogP contribution is -2.14. The maximum Gasteiger partial charge on any atom is 0.268 e. The zero-order valence-corrected chi connectivity index (χ0v) is 42.2. The van der Waals surface area contributed by atoms with E-state index in [4.69, 9.17) is 9.97 Å². The number of hydrogen-bond acceptors (Lipinski definition) is 6. The van der Waals surface area contributed by atoms with Crippen molar-refractivity contribution in [3.05, 3.63) is 205 Å². The van der Waals surface area contributed by atoms with Gasteiger partial charge < -0.3 is 9.97 Å². The van der Waals surface area contributed by atoms with Crippen molar-refractivity contribution in [1.82, 2.24) is 27.9 Å². The molecule has 0 fully saturated rings. The normalized spacial score (nSPS) is 12.5. The molecule has 0 amide bonds. The topological polar surface area (TPSA) is 136 Å². The number of rotatable bonds is 7. The molecule has 4 heterocycles. The Labute approximate surface area is 425 Å². The second kappa shape index (κ2) is 15.8. The number of aromatic nitrogens is 6. The second-order valence-electron chi connectivity index (χ2n) is 19.4. The smallest absolute Gasteiger partial charge is 0.268 e. The van der Waals surface area contributed by atoms with Crippen LogP contribution in [0.1, 0.15) is 22.4 Å². The standard InChI is InChI=1S/C62H44N6O4S2/c1-35-21-26-40(27-22-35)74(71,72)68-38(4)56(49-19-11-12-20-55(49)68)62-65-59-47-18-10-7-15-44(47)51-32-39(25-29-48(51)60(59)66-62)50-33-41(28-24-37(50)3)73(69,70)67-34-53(52-31-36(2)23-30-54(52)67)61-63-57-45-16-8-5-13-42(45)43-14-6-9-17-46(43)58(57)64-61/h5-34H,1-4H3,(H,63,64)(H,65,66). The van der Waals surface area contributed by atoms with Crippen LogP contribution in [0.15, 0.2) is 192 Å². The minimum Gasteiger partial charge on any atom is -0.337 e. The lowest BCUT2D eigenvalue weighted by Gasteiger charge is -2.13. The number of para-hydroxylation sites is 1. The molecular weight excluding hydrogens is 957 g/mol. The predicted molar refractivity (Wildman–Crippen MR) is 300 cm³/mol. The van der Waals surface area contributed by atoms with Crippen molar-refractivity contribution < 1.29 is 16.8 Å². The fourth-order valence-corrected chi connectivity index (χ4v) is 14.3. The maximum atomic E-state index is 15.2. The Hall–Kier alpha value is -8.84. The third-order valence-corrected chi connectivity index (χ3v) is 18.4. The van der Waals surface area contributed by atoms with E-state index in [9.17, 15) is 8.42 Å². The fourth-order valence-electron chi connectivity index (χ4n) is 11.4. The van der Waals surface area contributed by atoms with E-state index in [1.807, 2.05) is 131 Å². The van der Waals surface area contributed by atoms with Gasteiger partial charge in [-0.15, -0.1) is 0 Å². The molecule has 0 bridgehead atoms. The van der Waals surface area contributed by atoms with Crippen molar-refractivity contribution in [2.45, 2.75) is 37.5 Å². The van der Waals surface area contributed by atoms with Crippen LogP contribution in [0.5, 0.6) is 0 Å². The summed E-state index contributed by atoms with van der Waals surface area (Å²) in [7, 11) is -8.13. The van der Waals surface area contributed by atoms with Crippen molar-refractivity contribution in [3.63, 3.8) is 0 Å². The van der Waals surface area contributed by atoms with Crippen LogP contribution < -0.4 is 0 Å². The zero-order chi connectivity index (χ0) is 50.4. The molecule has 0 aliphatic carbocycles. The first-order valence-corrected chi connectivity index (χ1v) is 27.3. The molecule has 74 heavy (non-hydrogen) atoms. The third-order valence-electron chi connectivity index (χ3n) is 15.0. The van der Waals surface area contributed by atoms with Gasteiger partial charge in [-0.1, -0.05) is 139 Å². The van der Waals surface area contributed by atoms with Crippen molar-refractivity contribution in [3.8, 4) is 33.9 Å². The zero-order valence-electron chi connectivity index (χ0n) is 40.6. The van der Waals surface area contributed by atoms with E-state index in [0.717, 1.165) is 104 Å². The maximum absolute atomic E-state index is 15.2. The quantitative estimate of drug-likeness (QED) is 0.153. The van der Waals surface area contributed by atoms with Crippen LogP contribution in [-0.4, -0.2) is 44.7 Å². The van der Waals surface area contributed by atoms with E-state index >= 15 is 8.42 Å². The van der Waals surface area contributed by atoms with Gasteiger partial charge in [0.05, 0.1) is 42.9 Å². The Bertz CT molecular complexity index is 4910. The van der Waals surface area contributed by atoms with Crippen LogP contribution in [0.4, 0.5) is 0 Å². The predicted octanol–water partition coefficient (Wildman–Crippen LogP) is 14.7. The lowest BCUT2D eigenvalue weighted by molar-refractivity contribution is 0.586. The number of imidazole rings is 2. The molecule has 4 aromatic heterocycles. The molecule has 0 saturated heterocycles. The monoisotopic (exact) mass is 1000 g/mol. The Kier molecular flexibility index (Phi) is 9.39. The second-order valence-corrected chi connectivity index (χ2v) is 23.0. The molecule has 0 unspecified atom stereocenters. The van der Waals surface area contributed by atoms with Gasteiger partial charge in [-0.2, -0.15) is 0 Å². The number of nitrogens with zero attached hydrogens (tertiary/aromatic N) is 4. The highest BCUT2D eigenvalue weighted by atomic mass is 32.2. The first kappa shape index (κ1) is 43.9. The van der Waals surface area contributed by atoms with Crippen molar-refractivity contribution in [1.29, 1.82) is 0 Å². The summed E-state index contributed by atoms with van der Waals surface area (Å²) in [6.45, 7) is 7.77. The van der Waals surface area contributed by atoms with Crippen molar-refractivity contribution >= 4 is 107 Å². The minimum atomic E-state index is -4.16. The number of aryl methyl sites for hydroxylation is 3. The Morgan fingerprint density at radius 2 is 0.973 bits per heavy atom. The van der Waals surface area contributed by atoms with E-state index in [1.165, 1.54) is 7.94 Å². The highest BCUT2D eigenvalue weighted by Crippen LogP contribution is 2.43. The van der Waals surface area contributed by atoms with Crippen molar-refractivity contribution in [2.75, 3.05) is 0 Å². The highest BCUT2D eigenvalue weighted by Gasteiger charge is 2.29. The van der Waals surface area contributed by atoms with Gasteiger partial charge in [0.15, 0.2) is 0 Å². The summed E-state index contributed by atoms with van der Waals surface area (Å²) in [4.78, 5) is 18.1. The van der Waals surface area contributed by atoms with Crippen LogP contribution in [-0.2, 0) is 20.0 Å². The fraction of sp³-hybridized carbons (Fsp3) is 0.0645. The van der Waals surface area contributed by atoms with Crippen LogP contribution in [0.25, 0.3) is 121 Å². The summed E-state index contributed by atoms with van der Waals surface area (Å²) < 4.78 is 61.9. The molecule has 358 valence electrons. The number of hydrogen-bond donors (Lipinski definition) is 2. The summed E-state index contributed by atoms with van der Waals surface area (Å²) in [5.41, 5.74) is 10.9. The molecule has 0 atom stereocenters. The highest BCUT2D eigenvalue weighted by molar-refractivity contribution is 7.90. The van der Waals surface area contributed by atoms with Gasteiger partial charge in [0.1, 0.15) is 11.6 Å². The summed E-state index contributed by atoms with van der Waals surface area (Å²) in [5, 5.41) is 9.60. The number of benzene rings is 10. The van der Waals surface area contributed by atoms with Gasteiger partial charge >= 0.3 is 0 Å². The van der Waals surface area contributed by atoms with Gasteiger partial charge in [-0.25, -0.2) is 34.7 Å². The molecule has 0 aliphatic heterocycles. The first-order chi connectivity index (χ1) is 35.8. The molecule has 0 radical (unpaired) electrons. The minimum absolute atomic E-state index is 0.154. The molecule has 14 aromatic rings. The number of H-pyrrole nitrogens is 2. The third kappa shape index (κ3) is 6.34. The summed E-state index contributed by atoms with van der Waals surface area (Å²) in [5.74, 6) is 1.14. The lowest BCUT2D eigenvalue weighted by atomic mass is 9.94. The number of aromatic amines is 2. The van der Waals surface area contributed by atoms with E-state index in [2.05, 4.69) is 58.5 Å². The SMILES string of the molecule is Cc1ccc(S(=O)(=O)n2c(C)c(-c3nc4c5ccccc5c5cc(-c6cc(S(=O)(=O)n7cc(-c8nc9c%10ccccc%10c%10ccccc%10c9[nH]8)c8cc(C)ccc87)ccc6C)ccc5c4[nH]3)c3ccccc32)cc1. The van der Waals surface area contributed by atoms with E-state index < -0.39 is 20.0 Å². The average molecular weight is 1000 g/mol. The molecule has 10 nitrogen and oxygen atoms in total. The summed E-state index contributed by atoms with van der Waals surface area (Å²) in [6.07, 6.45) is 1.70. The Morgan fingerprint density at radius 1 is 0.419 bits per heavy atom. The van der Waals surface area contributed by atoms with Crippen LogP contribution in [0, 0.1) is 27.7 Å². The van der Waals surface area contributed by atoms with E-state index in [0.29, 0.717) is 39.5 Å². The Balaban J connectivity index is 0.897. The van der Waals surface area contributed by atoms with Crippen LogP contribution in [0.2, 0.25) is 0 Å². The van der Waals surface area contributed by atoms with Crippen molar-refractivity contribution in [2.24, 2.45) is 0 Å². The Morgan fingerprint density at radius 3 is 1.68 bits per heavy atom. The molecule has 12 heteroatoms. The van der Waals surface area contributed by atoms with Crippen LogP contribution >= 0.6 is 0 Å². The molecule has 14 rings (SSSR count). The molecule has 0 saturated carbocycles. The van der Waals surface area contributed by atoms with Gasteiger partial charge in [-0.3, -0.25) is 0 Å². The average Bonchev–Trinajstić information content (AvgIpc) is 4.22. The van der Waals surface area contributed by atoms with E-state index in [-0.39, 0.29) is 9.79 Å². The molecule has 2 N–H and O–H groups in total. The number of fused-ring (bicyclic) bond motifs is 14. The van der Waals surface area contributed by atoms with Gasteiger partial charge in [-0.05, 0) is 114 Å². The molecular formula is C62H44N6O4S2. The summed E-state index contributed by atoms with van der Waals surface area (Å²) >= 11 is 0. The van der Waals surface area contributed by atoms with Gasteiger partial charge in [0.2, 0.25) is 0 Å². The summed E-state index contributed by atoms with van der Waals surface area (Å²) in [6, 6.07) is 56.5. The molecule has 0 aliphatic rings. The van der Waals surface area contributed by atoms with Gasteiger partial charge in [0.25, 0.3) is 20.0 Å². The van der Waals surface area contributed by atoms with Gasteiger partial charge in [0, 0.05) is 55.3 Å². The largest absolute Gasteiger partial charge is 0.337 e.